The minimum atomic E-state index is 0.891. The summed E-state index contributed by atoms with van der Waals surface area (Å²) in [5.74, 6) is 0. The van der Waals surface area contributed by atoms with Gasteiger partial charge in [0.25, 0.3) is 0 Å². The van der Waals surface area contributed by atoms with Crippen LogP contribution in [0.3, 0.4) is 0 Å². The third-order valence-corrected chi connectivity index (χ3v) is 3.99. The molecule has 0 bridgehead atoms. The summed E-state index contributed by atoms with van der Waals surface area (Å²) in [6.07, 6.45) is 0.891. The summed E-state index contributed by atoms with van der Waals surface area (Å²) >= 11 is 5.11. The van der Waals surface area contributed by atoms with Crippen LogP contribution in [0.5, 0.6) is 0 Å². The summed E-state index contributed by atoms with van der Waals surface area (Å²) in [6, 6.07) is 0. The molecule has 0 atom stereocenters. The Morgan fingerprint density at radius 2 is 2.15 bits per heavy atom. The Morgan fingerprint density at radius 1 is 1.31 bits per heavy atom. The lowest BCUT2D eigenvalue weighted by atomic mass is 10.3. The number of rotatable bonds is 2. The minimum absolute atomic E-state index is 0.891. The van der Waals surface area contributed by atoms with Crippen molar-refractivity contribution in [3.63, 3.8) is 0 Å². The molecule has 0 aliphatic rings. The Balaban J connectivity index is 2.45. The molecule has 7 heteroatoms. The average molecular weight is 324 g/mol. The second-order valence-electron chi connectivity index (χ2n) is 2.26. The van der Waals surface area contributed by atoms with E-state index in [0.717, 1.165) is 25.0 Å². The fourth-order valence-corrected chi connectivity index (χ4v) is 3.03. The predicted octanol–water partition coefficient (Wildman–Crippen LogP) is 2.22. The molecule has 0 aliphatic carbocycles. The van der Waals surface area contributed by atoms with Gasteiger partial charge in [0.1, 0.15) is 4.88 Å². The van der Waals surface area contributed by atoms with Gasteiger partial charge in [0, 0.05) is 0 Å². The van der Waals surface area contributed by atoms with Gasteiger partial charge in [-0.15, -0.1) is 15.3 Å². The number of aryl methyl sites for hydroxylation is 1. The lowest BCUT2D eigenvalue weighted by Crippen LogP contribution is -1.83. The van der Waals surface area contributed by atoms with E-state index >= 15 is 0 Å². The Hall–Kier alpha value is -0.150. The summed E-state index contributed by atoms with van der Waals surface area (Å²) in [6.45, 7) is 2.06. The third kappa shape index (κ3) is 1.86. The molecule has 0 fully saturated rings. The molecule has 0 amide bonds. The van der Waals surface area contributed by atoms with E-state index in [4.69, 9.17) is 0 Å². The largest absolute Gasteiger partial charge is 0.178 e. The van der Waals surface area contributed by atoms with Crippen molar-refractivity contribution in [3.8, 4) is 9.88 Å². The number of halogens is 1. The fourth-order valence-electron chi connectivity index (χ4n) is 0.899. The molecule has 13 heavy (non-hydrogen) atoms. The van der Waals surface area contributed by atoms with Crippen molar-refractivity contribution in [2.75, 3.05) is 0 Å². The Morgan fingerprint density at radius 3 is 2.77 bits per heavy atom. The second-order valence-corrected chi connectivity index (χ2v) is 5.75. The Labute approximate surface area is 96.7 Å². The van der Waals surface area contributed by atoms with Gasteiger partial charge in [-0.25, -0.2) is 0 Å². The minimum Gasteiger partial charge on any atom is -0.142 e. The van der Waals surface area contributed by atoms with Gasteiger partial charge in [0.15, 0.2) is 8.02 Å². The fraction of sp³-hybridized carbons (Fsp3) is 0.333. The maximum Gasteiger partial charge on any atom is 0.178 e. The Bertz CT molecular complexity index is 410. The number of hydrogen-bond donors (Lipinski definition) is 0. The molecule has 0 radical (unpaired) electrons. The third-order valence-electron chi connectivity index (χ3n) is 1.49. The van der Waals surface area contributed by atoms with Crippen LogP contribution in [0.25, 0.3) is 9.88 Å². The summed E-state index contributed by atoms with van der Waals surface area (Å²) in [5.41, 5.74) is 1.01. The lowest BCUT2D eigenvalue weighted by Gasteiger charge is -1.89. The highest BCUT2D eigenvalue weighted by Gasteiger charge is 2.12. The first kappa shape index (κ1) is 9.41. The number of aromatic nitrogens is 4. The van der Waals surface area contributed by atoms with Crippen molar-refractivity contribution in [2.45, 2.75) is 13.3 Å². The van der Waals surface area contributed by atoms with Gasteiger partial charge in [-0.05, 0) is 40.5 Å². The molecule has 0 N–H and O–H groups in total. The first-order valence-corrected chi connectivity index (χ1v) is 6.28. The zero-order valence-electron chi connectivity index (χ0n) is 6.69. The molecule has 0 unspecified atom stereocenters. The van der Waals surface area contributed by atoms with Crippen LogP contribution in [0.1, 0.15) is 12.6 Å². The van der Waals surface area contributed by atoms with Crippen LogP contribution in [0.4, 0.5) is 0 Å². The van der Waals surface area contributed by atoms with Crippen LogP contribution in [0.15, 0.2) is 0 Å². The zero-order chi connectivity index (χ0) is 9.26. The molecule has 0 aliphatic heterocycles. The molecular formula is C6H5IN4S2. The molecule has 2 aromatic rings. The van der Waals surface area contributed by atoms with Gasteiger partial charge in [-0.2, -0.15) is 0 Å². The summed E-state index contributed by atoms with van der Waals surface area (Å²) in [4.78, 5) is 1.06. The van der Waals surface area contributed by atoms with Crippen molar-refractivity contribution in [2.24, 2.45) is 0 Å². The van der Waals surface area contributed by atoms with Crippen LogP contribution < -0.4 is 0 Å². The van der Waals surface area contributed by atoms with Gasteiger partial charge >= 0.3 is 0 Å². The molecular weight excluding hydrogens is 319 g/mol. The normalized spacial score (nSPS) is 10.6. The standard InChI is InChI=1S/C6H5IN4S2/c1-2-3-4(13-11-8-3)5-9-10-6(7)12-5/h2H2,1H3. The van der Waals surface area contributed by atoms with Crippen molar-refractivity contribution in [1.82, 2.24) is 19.8 Å². The van der Waals surface area contributed by atoms with Crippen molar-refractivity contribution in [3.05, 3.63) is 8.71 Å². The molecule has 4 nitrogen and oxygen atoms in total. The molecule has 2 aromatic heterocycles. The molecule has 0 saturated heterocycles. The van der Waals surface area contributed by atoms with Gasteiger partial charge in [-0.3, -0.25) is 0 Å². The highest BCUT2D eigenvalue weighted by Crippen LogP contribution is 2.29. The summed E-state index contributed by atoms with van der Waals surface area (Å²) in [7, 11) is 0. The van der Waals surface area contributed by atoms with Crippen molar-refractivity contribution < 1.29 is 0 Å². The number of nitrogens with zero attached hydrogens (tertiary/aromatic N) is 4. The molecule has 0 spiro atoms. The SMILES string of the molecule is CCc1nnsc1-c1nnc(I)s1. The van der Waals surface area contributed by atoms with Crippen LogP contribution in [0, 0.1) is 3.01 Å². The van der Waals surface area contributed by atoms with E-state index in [1.54, 1.807) is 11.3 Å². The van der Waals surface area contributed by atoms with Gasteiger partial charge < -0.3 is 0 Å². The van der Waals surface area contributed by atoms with E-state index in [-0.39, 0.29) is 0 Å². The predicted molar refractivity (Wildman–Crippen MR) is 60.9 cm³/mol. The molecule has 2 rings (SSSR count). The average Bonchev–Trinajstić information content (AvgIpc) is 2.71. The first-order valence-electron chi connectivity index (χ1n) is 3.62. The van der Waals surface area contributed by atoms with Gasteiger partial charge in [0.05, 0.1) is 5.69 Å². The van der Waals surface area contributed by atoms with E-state index in [1.807, 2.05) is 0 Å². The molecule has 0 aromatic carbocycles. The van der Waals surface area contributed by atoms with E-state index in [1.165, 1.54) is 11.5 Å². The molecule has 2 heterocycles. The van der Waals surface area contributed by atoms with E-state index in [0.29, 0.717) is 0 Å². The maximum absolute atomic E-state index is 4.06. The second kappa shape index (κ2) is 3.93. The van der Waals surface area contributed by atoms with Crippen molar-refractivity contribution in [1.29, 1.82) is 0 Å². The lowest BCUT2D eigenvalue weighted by molar-refractivity contribution is 0.988. The van der Waals surface area contributed by atoms with E-state index in [9.17, 15) is 0 Å². The van der Waals surface area contributed by atoms with E-state index < -0.39 is 0 Å². The zero-order valence-corrected chi connectivity index (χ0v) is 10.5. The Kier molecular flexibility index (Phi) is 2.84. The highest BCUT2D eigenvalue weighted by atomic mass is 127. The topological polar surface area (TPSA) is 51.6 Å². The van der Waals surface area contributed by atoms with Crippen LogP contribution in [-0.4, -0.2) is 19.8 Å². The number of hydrogen-bond acceptors (Lipinski definition) is 6. The van der Waals surface area contributed by atoms with Crippen LogP contribution >= 0.6 is 45.5 Å². The first-order chi connectivity index (χ1) is 6.31. The quantitative estimate of drug-likeness (QED) is 0.795. The molecule has 0 saturated carbocycles. The molecule has 68 valence electrons. The smallest absolute Gasteiger partial charge is 0.142 e. The van der Waals surface area contributed by atoms with Crippen LogP contribution in [0.2, 0.25) is 0 Å². The summed E-state index contributed by atoms with van der Waals surface area (Å²) in [5, 5.41) is 13.0. The van der Waals surface area contributed by atoms with Crippen LogP contribution in [-0.2, 0) is 6.42 Å². The monoisotopic (exact) mass is 324 g/mol. The summed E-state index contributed by atoms with van der Waals surface area (Å²) < 4.78 is 4.85. The highest BCUT2D eigenvalue weighted by molar-refractivity contribution is 14.1. The van der Waals surface area contributed by atoms with E-state index in [2.05, 4.69) is 49.3 Å². The maximum atomic E-state index is 4.06. The van der Waals surface area contributed by atoms with Gasteiger partial charge in [-0.1, -0.05) is 22.7 Å². The van der Waals surface area contributed by atoms with Crippen molar-refractivity contribution >= 4 is 45.5 Å². The van der Waals surface area contributed by atoms with Gasteiger partial charge in [0.2, 0.25) is 0 Å².